The molecule has 0 bridgehead atoms. The van der Waals surface area contributed by atoms with Crippen LogP contribution in [0.25, 0.3) is 0 Å². The molecule has 0 radical (unpaired) electrons. The fourth-order valence-electron chi connectivity index (χ4n) is 5.90. The van der Waals surface area contributed by atoms with Gasteiger partial charge in [0, 0.05) is 37.3 Å². The molecule has 4 rings (SSSR count). The van der Waals surface area contributed by atoms with Crippen molar-refractivity contribution in [3.8, 4) is 0 Å². The van der Waals surface area contributed by atoms with Crippen LogP contribution < -0.4 is 5.32 Å². The summed E-state index contributed by atoms with van der Waals surface area (Å²) in [6.07, 6.45) is 3.43. The highest BCUT2D eigenvalue weighted by Crippen LogP contribution is 2.37. The number of halogens is 1. The molecule has 2 aliphatic rings. The lowest BCUT2D eigenvalue weighted by Crippen LogP contribution is -2.45. The van der Waals surface area contributed by atoms with E-state index >= 15 is 0 Å². The predicted octanol–water partition coefficient (Wildman–Crippen LogP) is 4.48. The van der Waals surface area contributed by atoms with Crippen molar-refractivity contribution in [1.82, 2.24) is 20.0 Å². The van der Waals surface area contributed by atoms with E-state index < -0.39 is 0 Å². The molecule has 0 aliphatic carbocycles. The normalized spacial score (nSPS) is 24.4. The molecule has 0 spiro atoms. The van der Waals surface area contributed by atoms with Crippen LogP contribution >= 0.6 is 0 Å². The van der Waals surface area contributed by atoms with Crippen LogP contribution in [0.4, 0.5) is 4.39 Å². The Kier molecular flexibility index (Phi) is 6.59. The van der Waals surface area contributed by atoms with Gasteiger partial charge in [-0.05, 0) is 88.2 Å². The second-order valence-electron chi connectivity index (χ2n) is 9.15. The Morgan fingerprint density at radius 1 is 1.20 bits per heavy atom. The van der Waals surface area contributed by atoms with Gasteiger partial charge in [0.25, 0.3) is 0 Å². The number of piperidine rings is 1. The van der Waals surface area contributed by atoms with E-state index in [4.69, 9.17) is 5.10 Å². The molecule has 1 aromatic carbocycles. The van der Waals surface area contributed by atoms with Crippen molar-refractivity contribution in [2.24, 2.45) is 5.92 Å². The van der Waals surface area contributed by atoms with Gasteiger partial charge in [-0.1, -0.05) is 19.1 Å². The number of nitrogens with zero attached hydrogens (tertiary/aromatic N) is 3. The molecular formula is C25H37FN4. The number of hydrogen-bond acceptors (Lipinski definition) is 3. The average molecular weight is 413 g/mol. The summed E-state index contributed by atoms with van der Waals surface area (Å²) in [5.41, 5.74) is 5.33. The van der Waals surface area contributed by atoms with Crippen molar-refractivity contribution in [2.75, 3.05) is 26.2 Å². The fraction of sp³-hybridized carbons (Fsp3) is 0.640. The fourth-order valence-corrected chi connectivity index (χ4v) is 5.90. The summed E-state index contributed by atoms with van der Waals surface area (Å²) in [5.74, 6) is 1.43. The maximum absolute atomic E-state index is 13.8. The minimum absolute atomic E-state index is 0.124. The molecule has 3 heterocycles. The Labute approximate surface area is 180 Å². The average Bonchev–Trinajstić information content (AvgIpc) is 3.38. The number of hydrogen-bond donors (Lipinski definition) is 1. The largest absolute Gasteiger partial charge is 0.316 e. The zero-order valence-electron chi connectivity index (χ0n) is 19.0. The van der Waals surface area contributed by atoms with Gasteiger partial charge in [0.1, 0.15) is 5.82 Å². The molecule has 1 aromatic heterocycles. The molecule has 0 amide bonds. The van der Waals surface area contributed by atoms with E-state index in [2.05, 4.69) is 48.7 Å². The van der Waals surface area contributed by atoms with Gasteiger partial charge in [-0.15, -0.1) is 0 Å². The maximum Gasteiger partial charge on any atom is 0.123 e. The third-order valence-electron chi connectivity index (χ3n) is 7.64. The van der Waals surface area contributed by atoms with Gasteiger partial charge < -0.3 is 10.2 Å². The summed E-state index contributed by atoms with van der Waals surface area (Å²) >= 11 is 0. The van der Waals surface area contributed by atoms with E-state index in [1.165, 1.54) is 29.8 Å². The Morgan fingerprint density at radius 2 is 1.97 bits per heavy atom. The molecule has 1 N–H and O–H groups in total. The molecular weight excluding hydrogens is 375 g/mol. The Hall–Kier alpha value is -1.72. The summed E-state index contributed by atoms with van der Waals surface area (Å²) < 4.78 is 16.0. The summed E-state index contributed by atoms with van der Waals surface area (Å²) in [6, 6.07) is 7.71. The smallest absolute Gasteiger partial charge is 0.123 e. The third-order valence-corrected chi connectivity index (χ3v) is 7.64. The lowest BCUT2D eigenvalue weighted by molar-refractivity contribution is 0.119. The highest BCUT2D eigenvalue weighted by atomic mass is 19.1. The van der Waals surface area contributed by atoms with Gasteiger partial charge >= 0.3 is 0 Å². The van der Waals surface area contributed by atoms with E-state index in [0.29, 0.717) is 23.8 Å². The number of benzene rings is 1. The molecule has 2 aromatic rings. The second kappa shape index (κ2) is 9.19. The summed E-state index contributed by atoms with van der Waals surface area (Å²) in [6.45, 7) is 14.2. The quantitative estimate of drug-likeness (QED) is 0.759. The van der Waals surface area contributed by atoms with Crippen molar-refractivity contribution in [2.45, 2.75) is 71.4 Å². The van der Waals surface area contributed by atoms with E-state index in [9.17, 15) is 4.39 Å². The van der Waals surface area contributed by atoms with Crippen molar-refractivity contribution in [1.29, 1.82) is 0 Å². The minimum Gasteiger partial charge on any atom is -0.316 e. The summed E-state index contributed by atoms with van der Waals surface area (Å²) in [5, 5.41) is 8.42. The predicted molar refractivity (Wildman–Crippen MR) is 121 cm³/mol. The molecule has 5 heteroatoms. The highest BCUT2D eigenvalue weighted by Gasteiger charge is 2.37. The van der Waals surface area contributed by atoms with Crippen LogP contribution in [0.15, 0.2) is 24.3 Å². The lowest BCUT2D eigenvalue weighted by Gasteiger charge is -2.40. The zero-order chi connectivity index (χ0) is 21.3. The maximum atomic E-state index is 13.8. The third kappa shape index (κ3) is 4.06. The first kappa shape index (κ1) is 21.5. The van der Waals surface area contributed by atoms with Crippen LogP contribution in [0.3, 0.4) is 0 Å². The van der Waals surface area contributed by atoms with Gasteiger partial charge in [-0.25, -0.2) is 4.39 Å². The first-order valence-electron chi connectivity index (χ1n) is 11.8. The molecule has 2 aliphatic heterocycles. The van der Waals surface area contributed by atoms with Crippen molar-refractivity contribution in [3.63, 3.8) is 0 Å². The van der Waals surface area contributed by atoms with Crippen LogP contribution in [0.2, 0.25) is 0 Å². The van der Waals surface area contributed by atoms with Crippen molar-refractivity contribution >= 4 is 0 Å². The highest BCUT2D eigenvalue weighted by molar-refractivity contribution is 5.30. The van der Waals surface area contributed by atoms with E-state index in [1.54, 1.807) is 12.1 Å². The van der Waals surface area contributed by atoms with E-state index in [-0.39, 0.29) is 5.82 Å². The number of rotatable bonds is 6. The molecule has 2 fully saturated rings. The molecule has 30 heavy (non-hydrogen) atoms. The van der Waals surface area contributed by atoms with Gasteiger partial charge in [-0.2, -0.15) is 5.10 Å². The summed E-state index contributed by atoms with van der Waals surface area (Å²) in [4.78, 5) is 2.67. The van der Waals surface area contributed by atoms with Gasteiger partial charge in [-0.3, -0.25) is 4.68 Å². The monoisotopic (exact) mass is 412 g/mol. The number of aromatic nitrogens is 2. The van der Waals surface area contributed by atoms with Crippen LogP contribution in [0, 0.1) is 18.7 Å². The standard InChI is InChI=1S/C25H37FN4/c1-5-24-25(18(4)30(6-2)28-24)19-10-12-29(13-11-19)17(3)22-15-27-16-23(22)20-8-7-9-21(26)14-20/h7-9,14,17,19,22-23,27H,5-6,10-13,15-16H2,1-4H3/t17-,22?,23?/m1/s1. The van der Waals surface area contributed by atoms with Crippen molar-refractivity contribution < 1.29 is 4.39 Å². The lowest BCUT2D eigenvalue weighted by atomic mass is 9.82. The Bertz CT molecular complexity index is 853. The van der Waals surface area contributed by atoms with Crippen LogP contribution in [-0.4, -0.2) is 46.9 Å². The first-order valence-corrected chi connectivity index (χ1v) is 11.8. The first-order chi connectivity index (χ1) is 14.5. The minimum atomic E-state index is -0.124. The number of likely N-dealkylation sites (tertiary alicyclic amines) is 1. The number of nitrogens with one attached hydrogen (secondary N) is 1. The van der Waals surface area contributed by atoms with Gasteiger partial charge in [0.15, 0.2) is 0 Å². The van der Waals surface area contributed by atoms with Gasteiger partial charge in [0.2, 0.25) is 0 Å². The number of aryl methyl sites for hydroxylation is 2. The van der Waals surface area contributed by atoms with Crippen LogP contribution in [0.1, 0.15) is 68.0 Å². The van der Waals surface area contributed by atoms with Crippen LogP contribution in [0.5, 0.6) is 0 Å². The van der Waals surface area contributed by atoms with E-state index in [1.807, 2.05) is 6.07 Å². The Balaban J connectivity index is 1.43. The topological polar surface area (TPSA) is 33.1 Å². The molecule has 3 atom stereocenters. The molecule has 164 valence electrons. The Morgan fingerprint density at radius 3 is 2.63 bits per heavy atom. The second-order valence-corrected chi connectivity index (χ2v) is 9.15. The van der Waals surface area contributed by atoms with Crippen LogP contribution in [-0.2, 0) is 13.0 Å². The molecule has 4 nitrogen and oxygen atoms in total. The van der Waals surface area contributed by atoms with Gasteiger partial charge in [0.05, 0.1) is 5.69 Å². The van der Waals surface area contributed by atoms with E-state index in [0.717, 1.165) is 44.7 Å². The van der Waals surface area contributed by atoms with Crippen molar-refractivity contribution in [3.05, 3.63) is 52.6 Å². The SMILES string of the molecule is CCc1nn(CC)c(C)c1C1CCN([C@H](C)C2CNCC2c2cccc(F)c2)CC1. The molecule has 0 saturated carbocycles. The molecule has 2 unspecified atom stereocenters. The summed E-state index contributed by atoms with van der Waals surface area (Å²) in [7, 11) is 0. The zero-order valence-corrected chi connectivity index (χ0v) is 19.0. The molecule has 2 saturated heterocycles.